The Hall–Kier alpha value is -2.32. The van der Waals surface area contributed by atoms with Crippen LogP contribution in [0.4, 0.5) is 18.9 Å². The Morgan fingerprint density at radius 3 is 2.33 bits per heavy atom. The minimum atomic E-state index is -4.75. The molecule has 0 atom stereocenters. The molecule has 0 saturated carbocycles. The smallest absolute Gasteiger partial charge is 0.335 e. The molecule has 0 unspecified atom stereocenters. The van der Waals surface area contributed by atoms with E-state index in [1.165, 1.54) is 28.6 Å². The van der Waals surface area contributed by atoms with Gasteiger partial charge in [0.05, 0.1) is 10.6 Å². The van der Waals surface area contributed by atoms with Crippen LogP contribution in [0.5, 0.6) is 0 Å². The summed E-state index contributed by atoms with van der Waals surface area (Å²) < 4.78 is 64.9. The second-order valence-electron chi connectivity index (χ2n) is 6.50. The lowest BCUT2D eigenvalue weighted by molar-refractivity contribution is -0.146. The molecule has 3 rings (SSSR count). The molecule has 0 spiro atoms. The Kier molecular flexibility index (Phi) is 6.57. The fourth-order valence-corrected chi connectivity index (χ4v) is 5.03. The van der Waals surface area contributed by atoms with Crippen molar-refractivity contribution in [3.8, 4) is 0 Å². The first-order valence-electron chi connectivity index (χ1n) is 8.89. The van der Waals surface area contributed by atoms with Gasteiger partial charge in [0.25, 0.3) is 5.82 Å². The number of amides is 1. The summed E-state index contributed by atoms with van der Waals surface area (Å²) >= 11 is 0.687. The van der Waals surface area contributed by atoms with E-state index >= 15 is 0 Å². The number of nitrogen functional groups attached to an aromatic ring is 1. The highest BCUT2D eigenvalue weighted by atomic mass is 32.2. The molecule has 1 amide bonds. The van der Waals surface area contributed by atoms with Crippen LogP contribution in [0.15, 0.2) is 34.3 Å². The molecule has 164 valence electrons. The SMILES string of the molecule is Nn1c(SCC(=O)Nc2ccc(S(=O)(=O)N3CCCCC3)cc2)nnc1C(F)(F)F. The third-order valence-corrected chi connectivity index (χ3v) is 7.20. The van der Waals surface area contributed by atoms with Gasteiger partial charge in [-0.05, 0) is 37.1 Å². The van der Waals surface area contributed by atoms with Crippen molar-refractivity contribution in [3.63, 3.8) is 0 Å². The first-order chi connectivity index (χ1) is 14.1. The molecule has 3 N–H and O–H groups in total. The van der Waals surface area contributed by atoms with Gasteiger partial charge in [-0.1, -0.05) is 18.2 Å². The number of carbonyl (C=O) groups excluding carboxylic acids is 1. The van der Waals surface area contributed by atoms with E-state index in [0.717, 1.165) is 19.3 Å². The van der Waals surface area contributed by atoms with E-state index in [4.69, 9.17) is 5.84 Å². The van der Waals surface area contributed by atoms with E-state index in [9.17, 15) is 26.4 Å². The maximum absolute atomic E-state index is 12.6. The topological polar surface area (TPSA) is 123 Å². The van der Waals surface area contributed by atoms with Crippen LogP contribution in [0.1, 0.15) is 25.1 Å². The van der Waals surface area contributed by atoms with Crippen molar-refractivity contribution in [2.45, 2.75) is 35.5 Å². The Morgan fingerprint density at radius 2 is 1.77 bits per heavy atom. The predicted octanol–water partition coefficient (Wildman–Crippen LogP) is 1.92. The second-order valence-corrected chi connectivity index (χ2v) is 9.38. The third kappa shape index (κ3) is 5.05. The molecule has 1 aromatic carbocycles. The molecule has 0 radical (unpaired) electrons. The van der Waals surface area contributed by atoms with Crippen molar-refractivity contribution in [1.29, 1.82) is 0 Å². The van der Waals surface area contributed by atoms with Crippen molar-refractivity contribution in [3.05, 3.63) is 30.1 Å². The highest BCUT2D eigenvalue weighted by molar-refractivity contribution is 7.99. The standard InChI is InChI=1S/C16H19F3N6O3S2/c17-16(18,19)14-22-23-15(25(14)20)29-10-13(26)21-11-4-6-12(7-5-11)30(27,28)24-8-2-1-3-9-24/h4-7H,1-3,8-10,20H2,(H,21,26). The Morgan fingerprint density at radius 1 is 1.13 bits per heavy atom. The lowest BCUT2D eigenvalue weighted by atomic mass is 10.2. The van der Waals surface area contributed by atoms with Crippen molar-refractivity contribution in [2.24, 2.45) is 0 Å². The summed E-state index contributed by atoms with van der Waals surface area (Å²) in [6.45, 7) is 0.972. The lowest BCUT2D eigenvalue weighted by Crippen LogP contribution is -2.35. The summed E-state index contributed by atoms with van der Waals surface area (Å²) in [5.74, 6) is 3.15. The molecule has 30 heavy (non-hydrogen) atoms. The molecular formula is C16H19F3N6O3S2. The number of nitrogens with one attached hydrogen (secondary N) is 1. The number of rotatable bonds is 6. The number of halogens is 3. The Bertz CT molecular complexity index is 1000. The third-order valence-electron chi connectivity index (χ3n) is 4.34. The minimum absolute atomic E-state index is 0.132. The van der Waals surface area contributed by atoms with Crippen molar-refractivity contribution < 1.29 is 26.4 Å². The number of sulfonamides is 1. The summed E-state index contributed by atoms with van der Waals surface area (Å²) in [4.78, 5) is 12.2. The fourth-order valence-electron chi connectivity index (χ4n) is 2.86. The molecule has 1 saturated heterocycles. The van der Waals surface area contributed by atoms with E-state index in [-0.39, 0.29) is 20.5 Å². The van der Waals surface area contributed by atoms with Crippen LogP contribution in [0.2, 0.25) is 0 Å². The molecule has 2 heterocycles. The fraction of sp³-hybridized carbons (Fsp3) is 0.438. The summed E-state index contributed by atoms with van der Waals surface area (Å²) in [6, 6.07) is 5.71. The maximum Gasteiger partial charge on any atom is 0.453 e. The molecule has 9 nitrogen and oxygen atoms in total. The quantitative estimate of drug-likeness (QED) is 0.494. The van der Waals surface area contributed by atoms with Gasteiger partial charge in [-0.3, -0.25) is 4.79 Å². The second kappa shape index (κ2) is 8.81. The number of carbonyl (C=O) groups is 1. The number of alkyl halides is 3. The number of anilines is 1. The molecular weight excluding hydrogens is 445 g/mol. The van der Waals surface area contributed by atoms with Gasteiger partial charge in [0, 0.05) is 18.8 Å². The van der Waals surface area contributed by atoms with E-state index < -0.39 is 27.9 Å². The molecule has 14 heteroatoms. The van der Waals surface area contributed by atoms with Crippen LogP contribution in [-0.2, 0) is 21.0 Å². The van der Waals surface area contributed by atoms with E-state index in [1.807, 2.05) is 0 Å². The monoisotopic (exact) mass is 464 g/mol. The largest absolute Gasteiger partial charge is 0.453 e. The normalized spacial score (nSPS) is 15.8. The zero-order chi connectivity index (χ0) is 21.9. The van der Waals surface area contributed by atoms with Gasteiger partial charge in [0.15, 0.2) is 0 Å². The molecule has 0 aliphatic carbocycles. The first kappa shape index (κ1) is 22.4. The number of nitrogens with zero attached hydrogens (tertiary/aromatic N) is 4. The average Bonchev–Trinajstić information content (AvgIpc) is 3.08. The molecule has 1 aliphatic heterocycles. The van der Waals surface area contributed by atoms with Crippen molar-refractivity contribution in [1.82, 2.24) is 19.2 Å². The Labute approximate surface area is 174 Å². The van der Waals surface area contributed by atoms with Gasteiger partial charge in [0.2, 0.25) is 21.1 Å². The van der Waals surface area contributed by atoms with Gasteiger partial charge in [0.1, 0.15) is 0 Å². The molecule has 1 aliphatic rings. The van der Waals surface area contributed by atoms with Crippen LogP contribution in [0.3, 0.4) is 0 Å². The number of hydrogen-bond acceptors (Lipinski definition) is 7. The van der Waals surface area contributed by atoms with Crippen molar-refractivity contribution in [2.75, 3.05) is 30.0 Å². The van der Waals surface area contributed by atoms with E-state index in [0.29, 0.717) is 30.5 Å². The number of nitrogens with two attached hydrogens (primary N) is 1. The zero-order valence-electron chi connectivity index (χ0n) is 15.6. The predicted molar refractivity (Wildman–Crippen MR) is 104 cm³/mol. The van der Waals surface area contributed by atoms with Gasteiger partial charge in [-0.15, -0.1) is 10.2 Å². The van der Waals surface area contributed by atoms with Crippen LogP contribution >= 0.6 is 11.8 Å². The number of thioether (sulfide) groups is 1. The van der Waals surface area contributed by atoms with Crippen LogP contribution < -0.4 is 11.2 Å². The van der Waals surface area contributed by atoms with Crippen LogP contribution in [0, 0.1) is 0 Å². The molecule has 0 bridgehead atoms. The van der Waals surface area contributed by atoms with Crippen molar-refractivity contribution >= 4 is 33.4 Å². The summed E-state index contributed by atoms with van der Waals surface area (Å²) in [7, 11) is -3.58. The zero-order valence-corrected chi connectivity index (χ0v) is 17.2. The average molecular weight is 464 g/mol. The maximum atomic E-state index is 12.6. The number of benzene rings is 1. The van der Waals surface area contributed by atoms with Crippen LogP contribution in [-0.4, -0.2) is 52.3 Å². The summed E-state index contributed by atoms with van der Waals surface area (Å²) in [5, 5.41) is 8.57. The number of aromatic nitrogens is 3. The summed E-state index contributed by atoms with van der Waals surface area (Å²) in [5.41, 5.74) is 0.350. The highest BCUT2D eigenvalue weighted by Gasteiger charge is 2.38. The van der Waals surface area contributed by atoms with E-state index in [2.05, 4.69) is 15.5 Å². The lowest BCUT2D eigenvalue weighted by Gasteiger charge is -2.25. The van der Waals surface area contributed by atoms with Gasteiger partial charge < -0.3 is 11.2 Å². The minimum Gasteiger partial charge on any atom is -0.335 e. The molecule has 1 aromatic heterocycles. The number of hydrogen-bond donors (Lipinski definition) is 2. The van der Waals surface area contributed by atoms with Gasteiger partial charge in [-0.25, -0.2) is 13.1 Å². The van der Waals surface area contributed by atoms with Crippen LogP contribution in [0.25, 0.3) is 0 Å². The van der Waals surface area contributed by atoms with E-state index in [1.54, 1.807) is 0 Å². The van der Waals surface area contributed by atoms with Gasteiger partial charge >= 0.3 is 6.18 Å². The van der Waals surface area contributed by atoms with Gasteiger partial charge in [-0.2, -0.15) is 17.5 Å². The first-order valence-corrected chi connectivity index (χ1v) is 11.3. The molecule has 1 fully saturated rings. The summed E-state index contributed by atoms with van der Waals surface area (Å²) in [6.07, 6.45) is -2.09. The number of piperidine rings is 1. The molecule has 2 aromatic rings. The Balaban J connectivity index is 1.58. The highest BCUT2D eigenvalue weighted by Crippen LogP contribution is 2.29.